The highest BCUT2D eigenvalue weighted by Crippen LogP contribution is 2.34. The molecule has 0 saturated carbocycles. The fourth-order valence-electron chi connectivity index (χ4n) is 4.43. The number of rotatable bonds is 3. The number of hydrogen-bond donors (Lipinski definition) is 1. The van der Waals surface area contributed by atoms with E-state index < -0.39 is 0 Å². The molecule has 1 aliphatic rings. The molecule has 3 aromatic heterocycles. The second-order valence-corrected chi connectivity index (χ2v) is 9.24. The number of thiophene rings is 1. The number of hydrogen-bond acceptors (Lipinski definition) is 5. The zero-order chi connectivity index (χ0) is 20.9. The summed E-state index contributed by atoms with van der Waals surface area (Å²) in [5.74, 6) is 0.522. The van der Waals surface area contributed by atoms with Gasteiger partial charge < -0.3 is 0 Å². The van der Waals surface area contributed by atoms with Crippen LogP contribution in [-0.4, -0.2) is 30.6 Å². The van der Waals surface area contributed by atoms with E-state index in [2.05, 4.69) is 39.4 Å². The van der Waals surface area contributed by atoms with Crippen molar-refractivity contribution in [3.05, 3.63) is 91.8 Å². The number of fused-ring (bicyclic) bond motifs is 5. The molecule has 4 heterocycles. The molecule has 0 spiro atoms. The minimum atomic E-state index is -0.0308. The molecule has 0 radical (unpaired) electrons. The highest BCUT2D eigenvalue weighted by Gasteiger charge is 2.26. The predicted molar refractivity (Wildman–Crippen MR) is 126 cm³/mol. The molecule has 0 aliphatic carbocycles. The monoisotopic (exact) mass is 445 g/mol. The summed E-state index contributed by atoms with van der Waals surface area (Å²) >= 11 is 7.21. The average Bonchev–Trinajstić information content (AvgIpc) is 3.36. The minimum Gasteiger partial charge on any atom is -0.294 e. The maximum Gasteiger partial charge on any atom is 0.268 e. The SMILES string of the molecule is O=c1c2c3c(sc2n2c(=S)[nH]nc2n1-c1ccccc1)CN(Cc1ccccc1)CC3. The number of nitrogens with zero attached hydrogens (tertiary/aromatic N) is 4. The molecule has 6 rings (SSSR count). The molecule has 0 fully saturated rings. The molecular weight excluding hydrogens is 426 g/mol. The van der Waals surface area contributed by atoms with Crippen molar-refractivity contribution in [3.8, 4) is 5.69 Å². The largest absolute Gasteiger partial charge is 0.294 e. The zero-order valence-corrected chi connectivity index (χ0v) is 18.2. The zero-order valence-electron chi connectivity index (χ0n) is 16.6. The highest BCUT2D eigenvalue weighted by molar-refractivity contribution is 7.71. The van der Waals surface area contributed by atoms with Gasteiger partial charge in [-0.3, -0.25) is 9.69 Å². The van der Waals surface area contributed by atoms with Crippen LogP contribution in [0.15, 0.2) is 65.5 Å². The van der Waals surface area contributed by atoms with E-state index in [9.17, 15) is 4.79 Å². The van der Waals surface area contributed by atoms with Gasteiger partial charge in [-0.25, -0.2) is 14.1 Å². The maximum absolute atomic E-state index is 13.7. The van der Waals surface area contributed by atoms with Gasteiger partial charge >= 0.3 is 0 Å². The van der Waals surface area contributed by atoms with Crippen LogP contribution >= 0.6 is 23.6 Å². The first-order valence-electron chi connectivity index (χ1n) is 10.2. The highest BCUT2D eigenvalue weighted by atomic mass is 32.1. The second kappa shape index (κ2) is 7.26. The van der Waals surface area contributed by atoms with Crippen LogP contribution in [0.4, 0.5) is 0 Å². The van der Waals surface area contributed by atoms with Crippen molar-refractivity contribution < 1.29 is 0 Å². The predicted octanol–water partition coefficient (Wildman–Crippen LogP) is 4.32. The van der Waals surface area contributed by atoms with Crippen molar-refractivity contribution in [3.63, 3.8) is 0 Å². The van der Waals surface area contributed by atoms with Crippen molar-refractivity contribution in [2.24, 2.45) is 0 Å². The molecule has 0 bridgehead atoms. The van der Waals surface area contributed by atoms with Crippen molar-refractivity contribution in [2.45, 2.75) is 19.5 Å². The summed E-state index contributed by atoms with van der Waals surface area (Å²) in [6, 6.07) is 20.1. The van der Waals surface area contributed by atoms with E-state index in [1.807, 2.05) is 40.8 Å². The smallest absolute Gasteiger partial charge is 0.268 e. The maximum atomic E-state index is 13.7. The Kier molecular flexibility index (Phi) is 4.38. The van der Waals surface area contributed by atoms with Crippen LogP contribution in [0.5, 0.6) is 0 Å². The van der Waals surface area contributed by atoms with Gasteiger partial charge in [0.2, 0.25) is 10.5 Å². The van der Waals surface area contributed by atoms with E-state index >= 15 is 0 Å². The summed E-state index contributed by atoms with van der Waals surface area (Å²) in [7, 11) is 0. The first-order chi connectivity index (χ1) is 15.2. The van der Waals surface area contributed by atoms with Gasteiger partial charge in [0.1, 0.15) is 4.83 Å². The van der Waals surface area contributed by atoms with E-state index in [0.717, 1.165) is 47.5 Å². The van der Waals surface area contributed by atoms with Crippen LogP contribution in [-0.2, 0) is 19.5 Å². The molecule has 0 unspecified atom stereocenters. The van der Waals surface area contributed by atoms with Crippen molar-refractivity contribution in [1.82, 2.24) is 24.1 Å². The summed E-state index contributed by atoms with van der Waals surface area (Å²) in [6.07, 6.45) is 0.850. The van der Waals surface area contributed by atoms with E-state index in [4.69, 9.17) is 12.2 Å². The number of nitrogens with one attached hydrogen (secondary N) is 1. The molecule has 31 heavy (non-hydrogen) atoms. The summed E-state index contributed by atoms with van der Waals surface area (Å²) in [5, 5.41) is 8.04. The van der Waals surface area contributed by atoms with Gasteiger partial charge in [0.05, 0.1) is 11.1 Å². The van der Waals surface area contributed by atoms with E-state index in [0.29, 0.717) is 10.5 Å². The van der Waals surface area contributed by atoms with E-state index in [1.165, 1.54) is 10.4 Å². The Hall–Kier alpha value is -3.07. The number of aromatic amines is 1. The topological polar surface area (TPSA) is 58.3 Å². The molecule has 154 valence electrons. The number of benzene rings is 2. The van der Waals surface area contributed by atoms with Crippen LogP contribution < -0.4 is 5.56 Å². The third-order valence-electron chi connectivity index (χ3n) is 5.86. The van der Waals surface area contributed by atoms with Crippen molar-refractivity contribution in [1.29, 1.82) is 0 Å². The number of H-pyrrole nitrogens is 1. The Morgan fingerprint density at radius 1 is 1.06 bits per heavy atom. The Bertz CT molecular complexity index is 1530. The van der Waals surface area contributed by atoms with Gasteiger partial charge in [0, 0.05) is 24.5 Å². The lowest BCUT2D eigenvalue weighted by Gasteiger charge is -2.26. The Labute approximate surface area is 187 Å². The van der Waals surface area contributed by atoms with Crippen LogP contribution in [0.3, 0.4) is 0 Å². The molecule has 0 amide bonds. The summed E-state index contributed by atoms with van der Waals surface area (Å²) in [4.78, 5) is 18.3. The molecule has 8 heteroatoms. The average molecular weight is 446 g/mol. The van der Waals surface area contributed by atoms with Crippen molar-refractivity contribution >= 4 is 39.5 Å². The Balaban J connectivity index is 1.54. The van der Waals surface area contributed by atoms with Gasteiger partial charge in [0.15, 0.2) is 0 Å². The van der Waals surface area contributed by atoms with Crippen molar-refractivity contribution in [2.75, 3.05) is 6.54 Å². The molecule has 1 aliphatic heterocycles. The Morgan fingerprint density at radius 2 is 1.81 bits per heavy atom. The molecule has 6 nitrogen and oxygen atoms in total. The quantitative estimate of drug-likeness (QED) is 0.420. The Morgan fingerprint density at radius 3 is 2.58 bits per heavy atom. The fourth-order valence-corrected chi connectivity index (χ4v) is 6.09. The van der Waals surface area contributed by atoms with Crippen LogP contribution in [0.2, 0.25) is 0 Å². The van der Waals surface area contributed by atoms with E-state index in [1.54, 1.807) is 15.9 Å². The lowest BCUT2D eigenvalue weighted by atomic mass is 10.0. The lowest BCUT2D eigenvalue weighted by molar-refractivity contribution is 0.249. The molecule has 0 saturated heterocycles. The van der Waals surface area contributed by atoms with E-state index in [-0.39, 0.29) is 5.56 Å². The van der Waals surface area contributed by atoms with Gasteiger partial charge in [-0.15, -0.1) is 16.4 Å². The molecule has 2 aromatic carbocycles. The summed E-state index contributed by atoms with van der Waals surface area (Å²) < 4.78 is 4.08. The molecule has 0 atom stereocenters. The van der Waals surface area contributed by atoms with Gasteiger partial charge in [-0.1, -0.05) is 48.5 Å². The van der Waals surface area contributed by atoms with Crippen LogP contribution in [0.1, 0.15) is 16.0 Å². The second-order valence-electron chi connectivity index (χ2n) is 7.77. The van der Waals surface area contributed by atoms with Crippen LogP contribution in [0, 0.1) is 4.77 Å². The first-order valence-corrected chi connectivity index (χ1v) is 11.4. The lowest BCUT2D eigenvalue weighted by Crippen LogP contribution is -2.30. The minimum absolute atomic E-state index is 0.0308. The summed E-state index contributed by atoms with van der Waals surface area (Å²) in [6.45, 7) is 2.66. The number of para-hydroxylation sites is 1. The number of aromatic nitrogens is 4. The normalized spacial score (nSPS) is 14.3. The molecule has 5 aromatic rings. The molecular formula is C23H19N5OS2. The van der Waals surface area contributed by atoms with Gasteiger partial charge in [-0.2, -0.15) is 0 Å². The first kappa shape index (κ1) is 18.7. The summed E-state index contributed by atoms with van der Waals surface area (Å²) in [5.41, 5.74) is 3.22. The van der Waals surface area contributed by atoms with Crippen LogP contribution in [0.25, 0.3) is 21.7 Å². The third kappa shape index (κ3) is 2.98. The van der Waals surface area contributed by atoms with Gasteiger partial charge in [0.25, 0.3) is 5.56 Å². The van der Waals surface area contributed by atoms with Gasteiger partial charge in [-0.05, 0) is 41.9 Å². The molecule has 1 N–H and O–H groups in total. The standard InChI is InChI=1S/C23H19N5OS2/c29-20-19-17-11-12-26(13-15-7-3-1-4-8-15)14-18(17)31-21(19)28-22(24-25-23(28)30)27(20)16-9-5-2-6-10-16/h1-10H,11-14H2,(H,25,30). The fraction of sp³-hybridized carbons (Fsp3) is 0.174. The third-order valence-corrected chi connectivity index (χ3v) is 7.33.